The molecule has 1 atom stereocenters. The van der Waals surface area contributed by atoms with Crippen molar-refractivity contribution in [2.75, 3.05) is 0 Å². The molecule has 0 aliphatic heterocycles. The van der Waals surface area contributed by atoms with Gasteiger partial charge in [-0.15, -0.1) is 0 Å². The number of nitrogens with zero attached hydrogens (tertiary/aromatic N) is 2. The van der Waals surface area contributed by atoms with Crippen molar-refractivity contribution in [1.82, 2.24) is 15.1 Å². The number of amides is 1. The summed E-state index contributed by atoms with van der Waals surface area (Å²) < 4.78 is 1.68. The van der Waals surface area contributed by atoms with E-state index in [4.69, 9.17) is 11.6 Å². The number of nitrogens with one attached hydrogen (secondary N) is 1. The lowest BCUT2D eigenvalue weighted by molar-refractivity contribution is -0.117. The summed E-state index contributed by atoms with van der Waals surface area (Å²) in [4.78, 5) is 25.3. The Labute approximate surface area is 163 Å². The van der Waals surface area contributed by atoms with Gasteiger partial charge in [0, 0.05) is 5.02 Å². The number of hydrogen-bond donors (Lipinski definition) is 1. The lowest BCUT2D eigenvalue weighted by Gasteiger charge is -2.14. The van der Waals surface area contributed by atoms with Crippen molar-refractivity contribution in [2.45, 2.75) is 26.8 Å². The average Bonchev–Trinajstić information content (AvgIpc) is 2.96. The Morgan fingerprint density at radius 2 is 1.67 bits per heavy atom. The second kappa shape index (κ2) is 7.76. The Hall–Kier alpha value is -2.92. The summed E-state index contributed by atoms with van der Waals surface area (Å²) in [5.41, 5.74) is 3.20. The van der Waals surface area contributed by atoms with E-state index in [2.05, 4.69) is 10.4 Å². The highest BCUT2D eigenvalue weighted by Crippen LogP contribution is 2.20. The molecule has 2 aromatic carbocycles. The van der Waals surface area contributed by atoms with Gasteiger partial charge in [-0.1, -0.05) is 41.9 Å². The van der Waals surface area contributed by atoms with Crippen LogP contribution in [0.2, 0.25) is 5.02 Å². The summed E-state index contributed by atoms with van der Waals surface area (Å²) in [7, 11) is 0. The fourth-order valence-corrected chi connectivity index (χ4v) is 3.13. The van der Waals surface area contributed by atoms with Crippen LogP contribution in [0.5, 0.6) is 0 Å². The molecule has 1 unspecified atom stereocenters. The van der Waals surface area contributed by atoms with Gasteiger partial charge in [0.15, 0.2) is 0 Å². The molecule has 1 aromatic heterocycles. The van der Waals surface area contributed by atoms with E-state index in [0.717, 1.165) is 11.3 Å². The van der Waals surface area contributed by atoms with Crippen LogP contribution in [0.25, 0.3) is 5.69 Å². The van der Waals surface area contributed by atoms with Crippen molar-refractivity contribution >= 4 is 23.3 Å². The Balaban J connectivity index is 1.82. The van der Waals surface area contributed by atoms with Crippen molar-refractivity contribution in [3.8, 4) is 5.69 Å². The summed E-state index contributed by atoms with van der Waals surface area (Å²) >= 11 is 5.89. The van der Waals surface area contributed by atoms with E-state index in [1.54, 1.807) is 30.7 Å². The number of carbonyl (C=O) groups is 2. The molecule has 138 valence electrons. The Morgan fingerprint density at radius 3 is 2.30 bits per heavy atom. The van der Waals surface area contributed by atoms with Gasteiger partial charge in [-0.25, -0.2) is 4.68 Å². The summed E-state index contributed by atoms with van der Waals surface area (Å²) in [5.74, 6) is -1.25. The van der Waals surface area contributed by atoms with Crippen LogP contribution in [-0.4, -0.2) is 21.5 Å². The van der Waals surface area contributed by atoms with Gasteiger partial charge in [0.2, 0.25) is 0 Å². The zero-order chi connectivity index (χ0) is 19.6. The largest absolute Gasteiger partial charge is 0.343 e. The molecule has 0 aliphatic carbocycles. The van der Waals surface area contributed by atoms with Crippen molar-refractivity contribution in [3.63, 3.8) is 0 Å². The van der Waals surface area contributed by atoms with Gasteiger partial charge < -0.3 is 5.32 Å². The minimum atomic E-state index is -0.656. The summed E-state index contributed by atoms with van der Waals surface area (Å²) in [5, 5.41) is 7.80. The standard InChI is InChI=1S/C21H20ClN3O2/c1-13(16-9-11-17(22)12-10-16)23-21(27)20(26)19-14(2)24-25(15(19)3)18-7-5-4-6-8-18/h4-13H,1-3H3,(H,23,27). The molecule has 1 N–H and O–H groups in total. The van der Waals surface area contributed by atoms with E-state index >= 15 is 0 Å². The first-order valence-electron chi connectivity index (χ1n) is 8.60. The van der Waals surface area contributed by atoms with E-state index in [1.807, 2.05) is 49.4 Å². The van der Waals surface area contributed by atoms with Gasteiger partial charge in [0.25, 0.3) is 11.7 Å². The van der Waals surface area contributed by atoms with Crippen LogP contribution in [0.15, 0.2) is 54.6 Å². The van der Waals surface area contributed by atoms with Crippen LogP contribution in [0.3, 0.4) is 0 Å². The molecule has 0 fully saturated rings. The predicted molar refractivity (Wildman–Crippen MR) is 105 cm³/mol. The van der Waals surface area contributed by atoms with E-state index in [9.17, 15) is 9.59 Å². The number of para-hydroxylation sites is 1. The Kier molecular flexibility index (Phi) is 5.42. The van der Waals surface area contributed by atoms with Gasteiger partial charge in [-0.3, -0.25) is 9.59 Å². The molecular weight excluding hydrogens is 362 g/mol. The molecule has 5 nitrogen and oxygen atoms in total. The SMILES string of the molecule is Cc1nn(-c2ccccc2)c(C)c1C(=O)C(=O)NC(C)c1ccc(Cl)cc1. The summed E-state index contributed by atoms with van der Waals surface area (Å²) in [6.07, 6.45) is 0. The van der Waals surface area contributed by atoms with Crippen molar-refractivity contribution in [2.24, 2.45) is 0 Å². The maximum Gasteiger partial charge on any atom is 0.293 e. The molecule has 0 saturated carbocycles. The third-order valence-corrected chi connectivity index (χ3v) is 4.69. The van der Waals surface area contributed by atoms with Crippen LogP contribution in [-0.2, 0) is 4.79 Å². The fraction of sp³-hybridized carbons (Fsp3) is 0.190. The lowest BCUT2D eigenvalue weighted by Crippen LogP contribution is -2.33. The number of carbonyl (C=O) groups excluding carboxylic acids is 2. The molecule has 0 spiro atoms. The van der Waals surface area contributed by atoms with Crippen LogP contribution < -0.4 is 5.32 Å². The van der Waals surface area contributed by atoms with Crippen LogP contribution in [0.1, 0.15) is 40.3 Å². The molecular formula is C21H20ClN3O2. The van der Waals surface area contributed by atoms with Crippen molar-refractivity contribution in [1.29, 1.82) is 0 Å². The third kappa shape index (κ3) is 3.93. The molecule has 3 aromatic rings. The Bertz CT molecular complexity index is 979. The number of hydrogen-bond acceptors (Lipinski definition) is 3. The molecule has 6 heteroatoms. The lowest BCUT2D eigenvalue weighted by atomic mass is 10.1. The summed E-state index contributed by atoms with van der Waals surface area (Å²) in [6, 6.07) is 16.3. The van der Waals surface area contributed by atoms with Crippen molar-refractivity contribution < 1.29 is 9.59 Å². The number of aryl methyl sites for hydroxylation is 1. The van der Waals surface area contributed by atoms with E-state index < -0.39 is 11.7 Å². The van der Waals surface area contributed by atoms with E-state index in [0.29, 0.717) is 22.0 Å². The van der Waals surface area contributed by atoms with Crippen LogP contribution in [0.4, 0.5) is 0 Å². The highest BCUT2D eigenvalue weighted by atomic mass is 35.5. The average molecular weight is 382 g/mol. The number of halogens is 1. The maximum atomic E-state index is 12.8. The highest BCUT2D eigenvalue weighted by molar-refractivity contribution is 6.43. The normalized spacial score (nSPS) is 11.9. The van der Waals surface area contributed by atoms with Gasteiger partial charge in [0.1, 0.15) is 0 Å². The van der Waals surface area contributed by atoms with Gasteiger partial charge in [-0.2, -0.15) is 5.10 Å². The third-order valence-electron chi connectivity index (χ3n) is 4.44. The second-order valence-electron chi connectivity index (χ2n) is 6.37. The van der Waals surface area contributed by atoms with Crippen molar-refractivity contribution in [3.05, 3.63) is 82.1 Å². The molecule has 1 heterocycles. The number of aromatic nitrogens is 2. The van der Waals surface area contributed by atoms with Gasteiger partial charge in [-0.05, 0) is 50.6 Å². The predicted octanol–water partition coefficient (Wildman–Crippen LogP) is 4.20. The first-order chi connectivity index (χ1) is 12.9. The monoisotopic (exact) mass is 381 g/mol. The minimum absolute atomic E-state index is 0.316. The molecule has 1 amide bonds. The molecule has 0 aliphatic rings. The zero-order valence-electron chi connectivity index (χ0n) is 15.4. The molecule has 3 rings (SSSR count). The molecule has 0 saturated heterocycles. The number of rotatable bonds is 5. The number of benzene rings is 2. The van der Waals surface area contributed by atoms with Gasteiger partial charge >= 0.3 is 0 Å². The van der Waals surface area contributed by atoms with E-state index in [1.165, 1.54) is 0 Å². The first kappa shape index (κ1) is 18.9. The van der Waals surface area contributed by atoms with Crippen LogP contribution >= 0.6 is 11.6 Å². The molecule has 0 radical (unpaired) electrons. The topological polar surface area (TPSA) is 64.0 Å². The maximum absolute atomic E-state index is 12.8. The molecule has 27 heavy (non-hydrogen) atoms. The zero-order valence-corrected chi connectivity index (χ0v) is 16.1. The number of Topliss-reactive ketones (excluding diaryl/α,β-unsaturated/α-hetero) is 1. The quantitative estimate of drug-likeness (QED) is 0.532. The first-order valence-corrected chi connectivity index (χ1v) is 8.98. The highest BCUT2D eigenvalue weighted by Gasteiger charge is 2.26. The smallest absolute Gasteiger partial charge is 0.293 e. The second-order valence-corrected chi connectivity index (χ2v) is 6.81. The number of ketones is 1. The molecule has 0 bridgehead atoms. The minimum Gasteiger partial charge on any atom is -0.343 e. The summed E-state index contributed by atoms with van der Waals surface area (Å²) in [6.45, 7) is 5.34. The van der Waals surface area contributed by atoms with Crippen LogP contribution in [0, 0.1) is 13.8 Å². The fourth-order valence-electron chi connectivity index (χ4n) is 3.00. The van der Waals surface area contributed by atoms with Gasteiger partial charge in [0.05, 0.1) is 28.7 Å². The Morgan fingerprint density at radius 1 is 1.04 bits per heavy atom. The van der Waals surface area contributed by atoms with E-state index in [-0.39, 0.29) is 6.04 Å².